The summed E-state index contributed by atoms with van der Waals surface area (Å²) >= 11 is 0. The van der Waals surface area contributed by atoms with Gasteiger partial charge in [-0.2, -0.15) is 0 Å². The molecule has 0 saturated heterocycles. The fourth-order valence-electron chi connectivity index (χ4n) is 1.90. The van der Waals surface area contributed by atoms with Crippen LogP contribution in [0.2, 0.25) is 0 Å². The van der Waals surface area contributed by atoms with E-state index in [1.807, 2.05) is 19.9 Å². The topological polar surface area (TPSA) is 73.0 Å². The van der Waals surface area contributed by atoms with Crippen LogP contribution in [0.25, 0.3) is 0 Å². The predicted molar refractivity (Wildman–Crippen MR) is 75.5 cm³/mol. The lowest BCUT2D eigenvalue weighted by atomic mass is 10.2. The van der Waals surface area contributed by atoms with E-state index < -0.39 is 9.84 Å². The van der Waals surface area contributed by atoms with Crippen molar-refractivity contribution in [2.75, 3.05) is 5.73 Å². The molecular formula is C14H16N2O2S. The monoisotopic (exact) mass is 276 g/mol. The molecule has 0 fully saturated rings. The van der Waals surface area contributed by atoms with Gasteiger partial charge in [-0.15, -0.1) is 0 Å². The minimum Gasteiger partial charge on any atom is -0.398 e. The standard InChI is InChI=1S/C14H16N2O2S/c1-10-6-7-14(13(15)8-10)19(17,18)9-12-5-3-4-11(2)16-12/h3-8H,9,15H2,1-2H3. The van der Waals surface area contributed by atoms with E-state index in [4.69, 9.17) is 5.73 Å². The van der Waals surface area contributed by atoms with Crippen LogP contribution in [0.15, 0.2) is 41.3 Å². The largest absolute Gasteiger partial charge is 0.398 e. The van der Waals surface area contributed by atoms with Gasteiger partial charge in [0.2, 0.25) is 0 Å². The van der Waals surface area contributed by atoms with Gasteiger partial charge in [0, 0.05) is 5.69 Å². The highest BCUT2D eigenvalue weighted by molar-refractivity contribution is 7.90. The quantitative estimate of drug-likeness (QED) is 0.873. The van der Waals surface area contributed by atoms with Gasteiger partial charge >= 0.3 is 0 Å². The van der Waals surface area contributed by atoms with E-state index in [0.717, 1.165) is 11.3 Å². The van der Waals surface area contributed by atoms with Crippen molar-refractivity contribution in [2.24, 2.45) is 0 Å². The Balaban J connectivity index is 2.38. The number of sulfone groups is 1. The molecule has 0 bridgehead atoms. The number of nitrogens with zero attached hydrogens (tertiary/aromatic N) is 1. The van der Waals surface area contributed by atoms with Gasteiger partial charge in [0.05, 0.1) is 22.0 Å². The molecule has 5 heteroatoms. The summed E-state index contributed by atoms with van der Waals surface area (Å²) in [6.07, 6.45) is 0. The Hall–Kier alpha value is -1.88. The molecule has 4 nitrogen and oxygen atoms in total. The van der Waals surface area contributed by atoms with Crippen LogP contribution in [0.4, 0.5) is 5.69 Å². The number of benzene rings is 1. The molecule has 100 valence electrons. The van der Waals surface area contributed by atoms with E-state index in [-0.39, 0.29) is 16.3 Å². The first-order valence-corrected chi connectivity index (χ1v) is 7.55. The lowest BCUT2D eigenvalue weighted by Gasteiger charge is -2.08. The summed E-state index contributed by atoms with van der Waals surface area (Å²) in [5, 5.41) is 0. The van der Waals surface area contributed by atoms with Crippen molar-refractivity contribution in [2.45, 2.75) is 24.5 Å². The summed E-state index contributed by atoms with van der Waals surface area (Å²) in [7, 11) is -3.47. The second kappa shape index (κ2) is 5.01. The van der Waals surface area contributed by atoms with Gasteiger partial charge in [-0.05, 0) is 43.7 Å². The first-order chi connectivity index (χ1) is 8.88. The van der Waals surface area contributed by atoms with Crippen molar-refractivity contribution in [1.82, 2.24) is 4.98 Å². The average Bonchev–Trinajstić information content (AvgIpc) is 2.27. The number of anilines is 1. The molecule has 0 radical (unpaired) electrons. The maximum Gasteiger partial charge on any atom is 0.186 e. The second-order valence-corrected chi connectivity index (χ2v) is 6.53. The summed E-state index contributed by atoms with van der Waals surface area (Å²) in [6, 6.07) is 10.3. The van der Waals surface area contributed by atoms with Crippen molar-refractivity contribution in [1.29, 1.82) is 0 Å². The second-order valence-electron chi connectivity index (χ2n) is 4.57. The summed E-state index contributed by atoms with van der Waals surface area (Å²) < 4.78 is 24.7. The van der Waals surface area contributed by atoms with Crippen LogP contribution in [0.1, 0.15) is 17.0 Å². The molecule has 2 rings (SSSR count). The van der Waals surface area contributed by atoms with Crippen LogP contribution in [-0.4, -0.2) is 13.4 Å². The van der Waals surface area contributed by atoms with Gasteiger partial charge in [-0.3, -0.25) is 4.98 Å². The number of aromatic nitrogens is 1. The van der Waals surface area contributed by atoms with Gasteiger partial charge in [0.25, 0.3) is 0 Å². The minimum absolute atomic E-state index is 0.137. The molecule has 1 heterocycles. The first-order valence-electron chi connectivity index (χ1n) is 5.90. The maximum atomic E-state index is 12.3. The third-order valence-corrected chi connectivity index (χ3v) is 4.50. The van der Waals surface area contributed by atoms with Crippen molar-refractivity contribution >= 4 is 15.5 Å². The molecule has 2 N–H and O–H groups in total. The van der Waals surface area contributed by atoms with Crippen LogP contribution in [-0.2, 0) is 15.6 Å². The molecule has 2 aromatic rings. The molecule has 0 atom stereocenters. The van der Waals surface area contributed by atoms with Crippen LogP contribution < -0.4 is 5.73 Å². The Morgan fingerprint density at radius 3 is 2.53 bits per heavy atom. The van der Waals surface area contributed by atoms with Gasteiger partial charge in [-0.1, -0.05) is 12.1 Å². The molecule has 1 aromatic heterocycles. The molecule has 0 spiro atoms. The van der Waals surface area contributed by atoms with E-state index in [1.54, 1.807) is 30.3 Å². The fraction of sp³-hybridized carbons (Fsp3) is 0.214. The Morgan fingerprint density at radius 2 is 1.89 bits per heavy atom. The number of hydrogen-bond donors (Lipinski definition) is 1. The molecule has 0 aliphatic heterocycles. The molecule has 19 heavy (non-hydrogen) atoms. The van der Waals surface area contributed by atoms with E-state index >= 15 is 0 Å². The van der Waals surface area contributed by atoms with E-state index in [0.29, 0.717) is 5.69 Å². The Kier molecular flexibility index (Phi) is 3.57. The third kappa shape index (κ3) is 3.12. The normalized spacial score (nSPS) is 11.5. The summed E-state index contributed by atoms with van der Waals surface area (Å²) in [6.45, 7) is 3.70. The average molecular weight is 276 g/mol. The van der Waals surface area contributed by atoms with Crippen LogP contribution in [0, 0.1) is 13.8 Å². The van der Waals surface area contributed by atoms with Crippen molar-refractivity contribution in [3.05, 3.63) is 53.3 Å². The lowest BCUT2D eigenvalue weighted by Crippen LogP contribution is -2.09. The molecule has 1 aromatic carbocycles. The smallest absolute Gasteiger partial charge is 0.186 e. The number of rotatable bonds is 3. The zero-order chi connectivity index (χ0) is 14.0. The molecule has 0 saturated carbocycles. The summed E-state index contributed by atoms with van der Waals surface area (Å²) in [5.41, 5.74) is 8.34. The van der Waals surface area contributed by atoms with Gasteiger partial charge in [0.1, 0.15) is 0 Å². The van der Waals surface area contributed by atoms with E-state index in [2.05, 4.69) is 4.98 Å². The number of pyridine rings is 1. The van der Waals surface area contributed by atoms with Gasteiger partial charge < -0.3 is 5.73 Å². The van der Waals surface area contributed by atoms with E-state index in [1.165, 1.54) is 0 Å². The van der Waals surface area contributed by atoms with Crippen molar-refractivity contribution < 1.29 is 8.42 Å². The molecule has 0 aliphatic carbocycles. The molecular weight excluding hydrogens is 260 g/mol. The highest BCUT2D eigenvalue weighted by Crippen LogP contribution is 2.23. The SMILES string of the molecule is Cc1ccc(S(=O)(=O)Cc2cccc(C)n2)c(N)c1. The maximum absolute atomic E-state index is 12.3. The van der Waals surface area contributed by atoms with E-state index in [9.17, 15) is 8.42 Å². The number of nitrogens with two attached hydrogens (primary N) is 1. The fourth-order valence-corrected chi connectivity index (χ4v) is 3.30. The number of aryl methyl sites for hydroxylation is 2. The van der Waals surface area contributed by atoms with Gasteiger partial charge in [0.15, 0.2) is 9.84 Å². The van der Waals surface area contributed by atoms with Crippen LogP contribution in [0.3, 0.4) is 0 Å². The Bertz CT molecular complexity index is 709. The highest BCUT2D eigenvalue weighted by Gasteiger charge is 2.19. The predicted octanol–water partition coefficient (Wildman–Crippen LogP) is 2.25. The zero-order valence-corrected chi connectivity index (χ0v) is 11.7. The van der Waals surface area contributed by atoms with Crippen LogP contribution >= 0.6 is 0 Å². The third-order valence-electron chi connectivity index (χ3n) is 2.78. The lowest BCUT2D eigenvalue weighted by molar-refractivity contribution is 0.595. The van der Waals surface area contributed by atoms with Crippen molar-refractivity contribution in [3.63, 3.8) is 0 Å². The Morgan fingerprint density at radius 1 is 1.16 bits per heavy atom. The summed E-state index contributed by atoms with van der Waals surface area (Å²) in [5.74, 6) is -0.137. The Labute approximate surface area is 113 Å². The number of hydrogen-bond acceptors (Lipinski definition) is 4. The highest BCUT2D eigenvalue weighted by atomic mass is 32.2. The molecule has 0 unspecified atom stereocenters. The minimum atomic E-state index is -3.47. The molecule has 0 amide bonds. The van der Waals surface area contributed by atoms with Gasteiger partial charge in [-0.25, -0.2) is 8.42 Å². The van der Waals surface area contributed by atoms with Crippen LogP contribution in [0.5, 0.6) is 0 Å². The first kappa shape index (κ1) is 13.5. The zero-order valence-electron chi connectivity index (χ0n) is 10.9. The molecule has 0 aliphatic rings. The van der Waals surface area contributed by atoms with Crippen molar-refractivity contribution in [3.8, 4) is 0 Å². The summed E-state index contributed by atoms with van der Waals surface area (Å²) in [4.78, 5) is 4.38. The number of nitrogen functional groups attached to an aromatic ring is 1.